The van der Waals surface area contributed by atoms with E-state index in [9.17, 15) is 9.59 Å². The number of rotatable bonds is 8. The molecule has 0 saturated heterocycles. The Balaban J connectivity index is 2.38. The van der Waals surface area contributed by atoms with Gasteiger partial charge in [0, 0.05) is 19.1 Å². The van der Waals surface area contributed by atoms with Crippen LogP contribution in [0.25, 0.3) is 0 Å². The lowest BCUT2D eigenvalue weighted by Gasteiger charge is -2.11. The summed E-state index contributed by atoms with van der Waals surface area (Å²) in [6, 6.07) is -0.899. The lowest BCUT2D eigenvalue weighted by atomic mass is 10.3. The lowest BCUT2D eigenvalue weighted by Crippen LogP contribution is -2.41. The minimum atomic E-state index is -1.05. The summed E-state index contributed by atoms with van der Waals surface area (Å²) in [6.07, 6.45) is 1.67. The lowest BCUT2D eigenvalue weighted by molar-refractivity contribution is -0.140. The molecule has 0 bridgehead atoms. The second-order valence-corrected chi connectivity index (χ2v) is 4.99. The van der Waals surface area contributed by atoms with Crippen LogP contribution in [0.15, 0.2) is 4.52 Å². The van der Waals surface area contributed by atoms with Crippen molar-refractivity contribution >= 4 is 23.6 Å². The fourth-order valence-electron chi connectivity index (χ4n) is 1.35. The summed E-state index contributed by atoms with van der Waals surface area (Å²) >= 11 is 1.34. The van der Waals surface area contributed by atoms with E-state index in [2.05, 4.69) is 15.5 Å². The third-order valence-corrected chi connectivity index (χ3v) is 3.20. The molecule has 0 saturated carbocycles. The molecule has 2 N–H and O–H groups in total. The van der Waals surface area contributed by atoms with Gasteiger partial charge in [0.25, 0.3) is 0 Å². The highest BCUT2D eigenvalue weighted by molar-refractivity contribution is 7.98. The molecule has 1 atom stereocenters. The molecule has 19 heavy (non-hydrogen) atoms. The standard InChI is InChI=1S/C11H17N3O4S/c1-3-4-10-13-9(14-18-10)6-19-5-8(11(16)17)12-7(2)15/h8H,3-6H2,1-2H3,(H,12,15)(H,16,17)/t8-/m0/s1. The highest BCUT2D eigenvalue weighted by atomic mass is 32.2. The Morgan fingerprint density at radius 1 is 1.53 bits per heavy atom. The Bertz CT molecular complexity index is 435. The van der Waals surface area contributed by atoms with Gasteiger partial charge in [0.2, 0.25) is 11.8 Å². The van der Waals surface area contributed by atoms with Crippen molar-refractivity contribution in [3.63, 3.8) is 0 Å². The Morgan fingerprint density at radius 2 is 2.26 bits per heavy atom. The summed E-state index contributed by atoms with van der Waals surface area (Å²) < 4.78 is 5.01. The van der Waals surface area contributed by atoms with E-state index >= 15 is 0 Å². The summed E-state index contributed by atoms with van der Waals surface area (Å²) in [4.78, 5) is 25.9. The van der Waals surface area contributed by atoms with E-state index in [1.807, 2.05) is 6.92 Å². The smallest absolute Gasteiger partial charge is 0.327 e. The fourth-order valence-corrected chi connectivity index (χ4v) is 2.23. The number of hydrogen-bond donors (Lipinski definition) is 2. The van der Waals surface area contributed by atoms with Crippen molar-refractivity contribution in [1.82, 2.24) is 15.5 Å². The first-order valence-corrected chi connectivity index (χ1v) is 7.07. The number of nitrogens with zero attached hydrogens (tertiary/aromatic N) is 2. The van der Waals surface area contributed by atoms with Crippen LogP contribution < -0.4 is 5.32 Å². The molecular formula is C11H17N3O4S. The number of aromatic nitrogens is 2. The minimum Gasteiger partial charge on any atom is -0.480 e. The number of carbonyl (C=O) groups excluding carboxylic acids is 1. The van der Waals surface area contributed by atoms with E-state index in [4.69, 9.17) is 9.63 Å². The topological polar surface area (TPSA) is 105 Å². The minimum absolute atomic E-state index is 0.257. The van der Waals surface area contributed by atoms with Crippen LogP contribution in [-0.2, 0) is 21.8 Å². The van der Waals surface area contributed by atoms with Gasteiger partial charge in [0.1, 0.15) is 6.04 Å². The molecule has 1 amide bonds. The van der Waals surface area contributed by atoms with E-state index in [1.54, 1.807) is 0 Å². The van der Waals surface area contributed by atoms with Crippen LogP contribution >= 0.6 is 11.8 Å². The molecule has 1 aromatic rings. The monoisotopic (exact) mass is 287 g/mol. The van der Waals surface area contributed by atoms with Crippen molar-refractivity contribution in [1.29, 1.82) is 0 Å². The first kappa shape index (κ1) is 15.5. The second-order valence-electron chi connectivity index (χ2n) is 3.96. The Morgan fingerprint density at radius 3 is 2.84 bits per heavy atom. The van der Waals surface area contributed by atoms with Gasteiger partial charge < -0.3 is 14.9 Å². The maximum absolute atomic E-state index is 10.9. The van der Waals surface area contributed by atoms with Gasteiger partial charge in [0.15, 0.2) is 5.82 Å². The van der Waals surface area contributed by atoms with Crippen LogP contribution in [0.1, 0.15) is 32.0 Å². The number of amides is 1. The largest absolute Gasteiger partial charge is 0.480 e. The summed E-state index contributed by atoms with van der Waals surface area (Å²) in [5.41, 5.74) is 0. The second kappa shape index (κ2) is 7.78. The van der Waals surface area contributed by atoms with Crippen molar-refractivity contribution in [2.45, 2.75) is 38.5 Å². The van der Waals surface area contributed by atoms with E-state index in [0.29, 0.717) is 17.5 Å². The molecule has 1 heterocycles. The predicted octanol–water partition coefficient (Wildman–Crippen LogP) is 0.845. The highest BCUT2D eigenvalue weighted by Crippen LogP contribution is 2.11. The number of carboxylic acid groups (broad SMARTS) is 1. The third kappa shape index (κ3) is 5.73. The van der Waals surface area contributed by atoms with Crippen LogP contribution in [0.2, 0.25) is 0 Å². The summed E-state index contributed by atoms with van der Waals surface area (Å²) in [5, 5.41) is 15.1. The number of aryl methyl sites for hydroxylation is 1. The molecule has 0 fully saturated rings. The number of hydrogen-bond acceptors (Lipinski definition) is 6. The van der Waals surface area contributed by atoms with Gasteiger partial charge in [-0.3, -0.25) is 4.79 Å². The first-order valence-electron chi connectivity index (χ1n) is 5.92. The fraction of sp³-hybridized carbons (Fsp3) is 0.636. The summed E-state index contributed by atoms with van der Waals surface area (Å²) in [5.74, 6) is 0.429. The van der Waals surface area contributed by atoms with Crippen LogP contribution in [0.5, 0.6) is 0 Å². The van der Waals surface area contributed by atoms with Crippen LogP contribution in [0.4, 0.5) is 0 Å². The van der Waals surface area contributed by atoms with Crippen molar-refractivity contribution in [3.8, 4) is 0 Å². The zero-order valence-corrected chi connectivity index (χ0v) is 11.7. The zero-order chi connectivity index (χ0) is 14.3. The average molecular weight is 287 g/mol. The van der Waals surface area contributed by atoms with E-state index < -0.39 is 12.0 Å². The van der Waals surface area contributed by atoms with Gasteiger partial charge in [-0.05, 0) is 6.42 Å². The van der Waals surface area contributed by atoms with Gasteiger partial charge in [-0.1, -0.05) is 12.1 Å². The zero-order valence-electron chi connectivity index (χ0n) is 10.9. The molecule has 0 aliphatic heterocycles. The number of carbonyl (C=O) groups is 2. The van der Waals surface area contributed by atoms with Gasteiger partial charge in [-0.25, -0.2) is 4.79 Å². The number of aliphatic carboxylic acids is 1. The van der Waals surface area contributed by atoms with E-state index in [0.717, 1.165) is 12.8 Å². The molecule has 0 unspecified atom stereocenters. The van der Waals surface area contributed by atoms with Crippen LogP contribution in [0, 0.1) is 0 Å². The maximum Gasteiger partial charge on any atom is 0.327 e. The van der Waals surface area contributed by atoms with Crippen molar-refractivity contribution in [2.75, 3.05) is 5.75 Å². The number of thioether (sulfide) groups is 1. The Kier molecular flexibility index (Phi) is 6.34. The van der Waals surface area contributed by atoms with Crippen molar-refractivity contribution < 1.29 is 19.2 Å². The first-order chi connectivity index (χ1) is 9.02. The van der Waals surface area contributed by atoms with E-state index in [1.165, 1.54) is 18.7 Å². The van der Waals surface area contributed by atoms with Crippen LogP contribution in [0.3, 0.4) is 0 Å². The Hall–Kier alpha value is -1.57. The molecule has 0 radical (unpaired) electrons. The van der Waals surface area contributed by atoms with Crippen molar-refractivity contribution in [2.24, 2.45) is 0 Å². The predicted molar refractivity (Wildman–Crippen MR) is 69.7 cm³/mol. The summed E-state index contributed by atoms with van der Waals surface area (Å²) in [6.45, 7) is 3.31. The molecule has 0 aromatic carbocycles. The van der Waals surface area contributed by atoms with Crippen LogP contribution in [-0.4, -0.2) is 38.9 Å². The third-order valence-electron chi connectivity index (χ3n) is 2.17. The normalized spacial score (nSPS) is 12.1. The SMILES string of the molecule is CCCc1nc(CSC[C@H](NC(C)=O)C(=O)O)no1. The average Bonchev–Trinajstić information content (AvgIpc) is 2.75. The Labute approximate surface area is 115 Å². The molecule has 0 aliphatic rings. The van der Waals surface area contributed by atoms with Gasteiger partial charge >= 0.3 is 5.97 Å². The quantitative estimate of drug-likeness (QED) is 0.730. The molecule has 106 valence electrons. The molecule has 7 nitrogen and oxygen atoms in total. The molecule has 0 spiro atoms. The van der Waals surface area contributed by atoms with Gasteiger partial charge in [0.05, 0.1) is 5.75 Å². The number of carboxylic acids is 1. The molecule has 0 aliphatic carbocycles. The van der Waals surface area contributed by atoms with Crippen molar-refractivity contribution in [3.05, 3.63) is 11.7 Å². The maximum atomic E-state index is 10.9. The summed E-state index contributed by atoms with van der Waals surface area (Å²) in [7, 11) is 0. The molecule has 1 aromatic heterocycles. The van der Waals surface area contributed by atoms with Gasteiger partial charge in [-0.15, -0.1) is 0 Å². The molecule has 1 rings (SSSR count). The van der Waals surface area contributed by atoms with Gasteiger partial charge in [-0.2, -0.15) is 16.7 Å². The highest BCUT2D eigenvalue weighted by Gasteiger charge is 2.18. The molecule has 8 heteroatoms. The number of nitrogens with one attached hydrogen (secondary N) is 1. The van der Waals surface area contributed by atoms with E-state index in [-0.39, 0.29) is 11.7 Å². The molecular weight excluding hydrogens is 270 g/mol.